The van der Waals surface area contributed by atoms with Gasteiger partial charge in [-0.3, -0.25) is 13.9 Å². The molecule has 1 atom stereocenters. The summed E-state index contributed by atoms with van der Waals surface area (Å²) in [6.07, 6.45) is 4.37. The molecular formula is C30H34ClN3O4S. The standard InChI is InChI=1S/C30H34ClN3O4S/c1-2-28(30(36)32-25-15-9-10-16-25)33(21-23-12-5-3-6-13-23)29(35)22-34(26-17-11-14-24(31)20-26)39(37,38)27-18-7-4-8-19-27/h3-8,11-14,17-20,25,28H,2,9-10,15-16,21-22H2,1H3,(H,32,36)/t28-/m1/s1. The third kappa shape index (κ3) is 7.19. The quantitative estimate of drug-likeness (QED) is 0.336. The first kappa shape index (κ1) is 28.6. The number of hydrogen-bond acceptors (Lipinski definition) is 4. The second-order valence-corrected chi connectivity index (χ2v) is 12.0. The Kier molecular flexibility index (Phi) is 9.64. The van der Waals surface area contributed by atoms with Gasteiger partial charge in [0.2, 0.25) is 11.8 Å². The zero-order valence-electron chi connectivity index (χ0n) is 22.0. The van der Waals surface area contributed by atoms with Crippen molar-refractivity contribution in [1.82, 2.24) is 10.2 Å². The highest BCUT2D eigenvalue weighted by atomic mass is 35.5. The SMILES string of the molecule is CC[C@H](C(=O)NC1CCCC1)N(Cc1ccccc1)C(=O)CN(c1cccc(Cl)c1)S(=O)(=O)c1ccccc1. The van der Waals surface area contributed by atoms with Gasteiger partial charge in [-0.15, -0.1) is 0 Å². The molecule has 2 amide bonds. The normalized spacial score (nSPS) is 14.5. The third-order valence-corrected chi connectivity index (χ3v) is 9.01. The molecule has 0 spiro atoms. The van der Waals surface area contributed by atoms with Crippen LogP contribution in [0.2, 0.25) is 5.02 Å². The van der Waals surface area contributed by atoms with E-state index >= 15 is 0 Å². The fourth-order valence-electron chi connectivity index (χ4n) is 4.95. The van der Waals surface area contributed by atoms with Crippen molar-refractivity contribution in [3.63, 3.8) is 0 Å². The predicted molar refractivity (Wildman–Crippen MR) is 154 cm³/mol. The van der Waals surface area contributed by atoms with Crippen LogP contribution in [0.15, 0.2) is 89.8 Å². The average Bonchev–Trinajstić information content (AvgIpc) is 3.45. The molecule has 0 aromatic heterocycles. The van der Waals surface area contributed by atoms with Gasteiger partial charge in [0.05, 0.1) is 10.6 Å². The Morgan fingerprint density at radius 2 is 1.59 bits per heavy atom. The largest absolute Gasteiger partial charge is 0.352 e. The summed E-state index contributed by atoms with van der Waals surface area (Å²) in [6.45, 7) is 1.54. The molecule has 0 bridgehead atoms. The van der Waals surface area contributed by atoms with Crippen LogP contribution in [0.1, 0.15) is 44.6 Å². The van der Waals surface area contributed by atoms with E-state index in [-0.39, 0.29) is 29.1 Å². The lowest BCUT2D eigenvalue weighted by atomic mass is 10.1. The molecule has 0 radical (unpaired) electrons. The Labute approximate surface area is 235 Å². The lowest BCUT2D eigenvalue weighted by Crippen LogP contribution is -2.53. The molecule has 206 valence electrons. The summed E-state index contributed by atoms with van der Waals surface area (Å²) in [6, 6.07) is 23.1. The van der Waals surface area contributed by atoms with Crippen LogP contribution < -0.4 is 9.62 Å². The zero-order chi connectivity index (χ0) is 27.8. The van der Waals surface area contributed by atoms with E-state index in [4.69, 9.17) is 11.6 Å². The van der Waals surface area contributed by atoms with Crippen LogP contribution in [0, 0.1) is 0 Å². The van der Waals surface area contributed by atoms with Gasteiger partial charge in [-0.05, 0) is 55.2 Å². The van der Waals surface area contributed by atoms with Crippen LogP contribution in [0.4, 0.5) is 5.69 Å². The van der Waals surface area contributed by atoms with Crippen molar-refractivity contribution >= 4 is 39.1 Å². The molecule has 3 aromatic carbocycles. The fourth-order valence-corrected chi connectivity index (χ4v) is 6.56. The van der Waals surface area contributed by atoms with Crippen molar-refractivity contribution in [2.24, 2.45) is 0 Å². The summed E-state index contributed by atoms with van der Waals surface area (Å²) in [5, 5.41) is 3.46. The number of rotatable bonds is 11. The number of amides is 2. The van der Waals surface area contributed by atoms with Gasteiger partial charge in [0.1, 0.15) is 12.6 Å². The van der Waals surface area contributed by atoms with E-state index in [0.29, 0.717) is 11.4 Å². The number of carbonyl (C=O) groups is 2. The maximum absolute atomic E-state index is 14.0. The molecule has 1 saturated carbocycles. The van der Waals surface area contributed by atoms with Crippen LogP contribution in [-0.4, -0.2) is 43.8 Å². The average molecular weight is 568 g/mol. The smallest absolute Gasteiger partial charge is 0.264 e. The van der Waals surface area contributed by atoms with Crippen molar-refractivity contribution in [3.8, 4) is 0 Å². The Morgan fingerprint density at radius 3 is 2.21 bits per heavy atom. The number of halogens is 1. The maximum atomic E-state index is 14.0. The van der Waals surface area contributed by atoms with Crippen LogP contribution >= 0.6 is 11.6 Å². The Hall–Kier alpha value is -3.36. The second kappa shape index (κ2) is 13.1. The van der Waals surface area contributed by atoms with Crippen LogP contribution in [0.5, 0.6) is 0 Å². The maximum Gasteiger partial charge on any atom is 0.264 e. The summed E-state index contributed by atoms with van der Waals surface area (Å²) < 4.78 is 28.7. The molecule has 1 aliphatic rings. The molecule has 39 heavy (non-hydrogen) atoms. The van der Waals surface area contributed by atoms with Gasteiger partial charge in [-0.25, -0.2) is 8.42 Å². The number of nitrogens with one attached hydrogen (secondary N) is 1. The van der Waals surface area contributed by atoms with E-state index in [2.05, 4.69) is 5.32 Å². The summed E-state index contributed by atoms with van der Waals surface area (Å²) in [5.74, 6) is -0.694. The summed E-state index contributed by atoms with van der Waals surface area (Å²) >= 11 is 6.22. The third-order valence-electron chi connectivity index (χ3n) is 6.99. The van der Waals surface area contributed by atoms with E-state index in [9.17, 15) is 18.0 Å². The molecule has 1 aliphatic carbocycles. The molecule has 0 saturated heterocycles. The Balaban J connectivity index is 1.69. The topological polar surface area (TPSA) is 86.8 Å². The minimum atomic E-state index is -4.12. The highest BCUT2D eigenvalue weighted by molar-refractivity contribution is 7.92. The summed E-state index contributed by atoms with van der Waals surface area (Å²) in [4.78, 5) is 29.0. The molecular weight excluding hydrogens is 534 g/mol. The minimum Gasteiger partial charge on any atom is -0.352 e. The van der Waals surface area contributed by atoms with Crippen molar-refractivity contribution < 1.29 is 18.0 Å². The van der Waals surface area contributed by atoms with Gasteiger partial charge in [0.15, 0.2) is 0 Å². The molecule has 3 aromatic rings. The van der Waals surface area contributed by atoms with Gasteiger partial charge in [0.25, 0.3) is 10.0 Å². The highest BCUT2D eigenvalue weighted by Crippen LogP contribution is 2.27. The van der Waals surface area contributed by atoms with Gasteiger partial charge in [0, 0.05) is 17.6 Å². The number of hydrogen-bond donors (Lipinski definition) is 1. The lowest BCUT2D eigenvalue weighted by molar-refractivity contribution is -0.140. The number of anilines is 1. The van der Waals surface area contributed by atoms with Crippen LogP contribution in [0.25, 0.3) is 0 Å². The molecule has 0 heterocycles. The Morgan fingerprint density at radius 1 is 0.949 bits per heavy atom. The van der Waals surface area contributed by atoms with E-state index in [1.165, 1.54) is 23.1 Å². The van der Waals surface area contributed by atoms with E-state index in [0.717, 1.165) is 35.6 Å². The first-order chi connectivity index (χ1) is 18.8. The minimum absolute atomic E-state index is 0.0541. The van der Waals surface area contributed by atoms with Crippen molar-refractivity contribution in [1.29, 1.82) is 0 Å². The molecule has 1 fully saturated rings. The van der Waals surface area contributed by atoms with E-state index in [1.54, 1.807) is 36.4 Å². The summed E-state index contributed by atoms with van der Waals surface area (Å²) in [7, 11) is -4.12. The fraction of sp³-hybridized carbons (Fsp3) is 0.333. The Bertz CT molecular complexity index is 1360. The number of nitrogens with zero attached hydrogens (tertiary/aromatic N) is 2. The van der Waals surface area contributed by atoms with Crippen LogP contribution in [0.3, 0.4) is 0 Å². The lowest BCUT2D eigenvalue weighted by Gasteiger charge is -2.33. The monoisotopic (exact) mass is 567 g/mol. The predicted octanol–water partition coefficient (Wildman–Crippen LogP) is 5.40. The summed E-state index contributed by atoms with van der Waals surface area (Å²) in [5.41, 5.74) is 1.11. The molecule has 0 unspecified atom stereocenters. The molecule has 0 aliphatic heterocycles. The first-order valence-corrected chi connectivity index (χ1v) is 15.1. The first-order valence-electron chi connectivity index (χ1n) is 13.3. The van der Waals surface area contributed by atoms with Crippen LogP contribution in [-0.2, 0) is 26.2 Å². The number of sulfonamides is 1. The zero-order valence-corrected chi connectivity index (χ0v) is 23.6. The molecule has 7 nitrogen and oxygen atoms in total. The van der Waals surface area contributed by atoms with Crippen molar-refractivity contribution in [2.75, 3.05) is 10.8 Å². The molecule has 1 N–H and O–H groups in total. The molecule has 4 rings (SSSR count). The number of carbonyl (C=O) groups excluding carboxylic acids is 2. The van der Waals surface area contributed by atoms with Crippen molar-refractivity contribution in [2.45, 2.75) is 62.6 Å². The highest BCUT2D eigenvalue weighted by Gasteiger charge is 2.34. The van der Waals surface area contributed by atoms with Gasteiger partial charge < -0.3 is 10.2 Å². The van der Waals surface area contributed by atoms with E-state index < -0.39 is 28.5 Å². The van der Waals surface area contributed by atoms with E-state index in [1.807, 2.05) is 37.3 Å². The second-order valence-electron chi connectivity index (χ2n) is 9.73. The van der Waals surface area contributed by atoms with Gasteiger partial charge in [-0.1, -0.05) is 86.0 Å². The van der Waals surface area contributed by atoms with Gasteiger partial charge >= 0.3 is 0 Å². The number of benzene rings is 3. The van der Waals surface area contributed by atoms with Crippen molar-refractivity contribution in [3.05, 3.63) is 95.5 Å². The van der Waals surface area contributed by atoms with Gasteiger partial charge in [-0.2, -0.15) is 0 Å². The molecule has 9 heteroatoms.